The van der Waals surface area contributed by atoms with Crippen LogP contribution in [0.5, 0.6) is 23.0 Å². The van der Waals surface area contributed by atoms with Crippen LogP contribution in [0.15, 0.2) is 84.9 Å². The first-order valence-electron chi connectivity index (χ1n) is 20.2. The number of hydrogen-bond acceptors (Lipinski definition) is 13. The lowest BCUT2D eigenvalue weighted by molar-refractivity contribution is -0.135. The number of carboxylic acids is 1. The van der Waals surface area contributed by atoms with Gasteiger partial charge in [-0.1, -0.05) is 75.9 Å². The number of nitrogens with one attached hydrogen (secondary N) is 1. The van der Waals surface area contributed by atoms with Gasteiger partial charge in [-0.3, -0.25) is 19.2 Å². The first-order chi connectivity index (χ1) is 29.8. The maximum atomic E-state index is 14.4. The number of carboxylic acid groups (broad SMARTS) is 1. The number of phenols is 2. The minimum Gasteiger partial charge on any atom is -0.508 e. The lowest BCUT2D eigenvalue weighted by Gasteiger charge is -2.21. The number of rotatable bonds is 19. The SMILES string of the molecule is CCCCCC(=O)Oc1cc(C(=O)O[C@H]2CN(C(=O)OCc3ccccc3)C[C@@H]2NC(=O)c2ccc(O)cc2)cc(O)c1C(=O)c1c(OC(=O)CCCCC)cccc1C(=O)O. The van der Waals surface area contributed by atoms with E-state index in [2.05, 4.69) is 5.32 Å². The van der Waals surface area contributed by atoms with Gasteiger partial charge in [0.05, 0.1) is 29.3 Å². The maximum Gasteiger partial charge on any atom is 0.410 e. The largest absolute Gasteiger partial charge is 0.508 e. The standard InChI is InChI=1S/C46H48N2O14/c1-3-5-8-17-38(51)60-35-16-12-15-32(44(55)56)40(35)42(53)41-34(50)23-30(24-36(41)61-39(52)18-9-6-4-2)45(57)62-37-26-48(46(58)59-27-28-13-10-7-11-14-28)25-33(37)47-43(54)29-19-21-31(49)22-20-29/h7,10-16,19-24,33,37,49-50H,3-6,8-9,17-18,25-27H2,1-2H3,(H,47,54)(H,55,56)/t33-,37-/m0/s1. The average molecular weight is 853 g/mol. The van der Waals surface area contributed by atoms with Crippen molar-refractivity contribution >= 4 is 41.7 Å². The van der Waals surface area contributed by atoms with Crippen molar-refractivity contribution in [2.45, 2.75) is 84.0 Å². The first kappa shape index (κ1) is 45.8. The van der Waals surface area contributed by atoms with Crippen LogP contribution in [-0.4, -0.2) is 87.1 Å². The molecule has 1 aliphatic heterocycles. The van der Waals surface area contributed by atoms with E-state index in [9.17, 15) is 48.9 Å². The van der Waals surface area contributed by atoms with E-state index < -0.39 is 93.3 Å². The second kappa shape index (κ2) is 21.9. The molecule has 5 rings (SSSR count). The van der Waals surface area contributed by atoms with Crippen molar-refractivity contribution in [3.05, 3.63) is 118 Å². The fourth-order valence-electron chi connectivity index (χ4n) is 6.63. The van der Waals surface area contributed by atoms with Crippen LogP contribution >= 0.6 is 0 Å². The normalized spacial score (nSPS) is 14.4. The molecular weight excluding hydrogens is 805 g/mol. The van der Waals surface area contributed by atoms with Gasteiger partial charge in [0.1, 0.15) is 41.3 Å². The minimum absolute atomic E-state index is 0.0174. The molecule has 326 valence electrons. The van der Waals surface area contributed by atoms with Crippen molar-refractivity contribution in [1.29, 1.82) is 0 Å². The smallest absolute Gasteiger partial charge is 0.410 e. The van der Waals surface area contributed by atoms with Crippen LogP contribution < -0.4 is 14.8 Å². The summed E-state index contributed by atoms with van der Waals surface area (Å²) in [5.74, 6) is -8.04. The van der Waals surface area contributed by atoms with Crippen molar-refractivity contribution in [2.75, 3.05) is 13.1 Å². The summed E-state index contributed by atoms with van der Waals surface area (Å²) in [6.45, 7) is 3.41. The molecule has 1 saturated heterocycles. The van der Waals surface area contributed by atoms with E-state index in [0.29, 0.717) is 19.3 Å². The molecule has 4 aromatic rings. The predicted octanol–water partition coefficient (Wildman–Crippen LogP) is 6.97. The highest BCUT2D eigenvalue weighted by atomic mass is 16.6. The third-order valence-corrected chi connectivity index (χ3v) is 9.88. The fraction of sp³-hybridized carbons (Fsp3) is 0.326. The van der Waals surface area contributed by atoms with E-state index in [0.717, 1.165) is 43.0 Å². The molecule has 2 amide bonds. The van der Waals surface area contributed by atoms with Crippen molar-refractivity contribution in [3.8, 4) is 23.0 Å². The third kappa shape index (κ3) is 12.2. The van der Waals surface area contributed by atoms with Gasteiger partial charge in [-0.25, -0.2) is 14.4 Å². The molecule has 4 aromatic carbocycles. The van der Waals surface area contributed by atoms with Gasteiger partial charge in [0.15, 0.2) is 0 Å². The summed E-state index contributed by atoms with van der Waals surface area (Å²) in [6.07, 6.45) is 1.78. The molecule has 4 N–H and O–H groups in total. The number of benzene rings is 4. The maximum absolute atomic E-state index is 14.4. The topological polar surface area (TPSA) is 232 Å². The number of ether oxygens (including phenoxy) is 4. The van der Waals surface area contributed by atoms with Crippen LogP contribution in [0.3, 0.4) is 0 Å². The second-order valence-electron chi connectivity index (χ2n) is 14.6. The zero-order chi connectivity index (χ0) is 44.8. The van der Waals surface area contributed by atoms with Crippen LogP contribution in [0, 0.1) is 0 Å². The van der Waals surface area contributed by atoms with Gasteiger partial charge in [-0.05, 0) is 66.9 Å². The Morgan fingerprint density at radius 2 is 1.35 bits per heavy atom. The number of aromatic carboxylic acids is 1. The molecule has 16 heteroatoms. The fourth-order valence-corrected chi connectivity index (χ4v) is 6.63. The predicted molar refractivity (Wildman–Crippen MR) is 221 cm³/mol. The quantitative estimate of drug-likeness (QED) is 0.0323. The van der Waals surface area contributed by atoms with Gasteiger partial charge in [-0.15, -0.1) is 0 Å². The van der Waals surface area contributed by atoms with Crippen LogP contribution in [-0.2, 0) is 25.7 Å². The Kier molecular flexibility index (Phi) is 16.2. The van der Waals surface area contributed by atoms with Gasteiger partial charge < -0.3 is 44.5 Å². The molecule has 0 bridgehead atoms. The molecule has 1 fully saturated rings. The number of hydrogen-bond donors (Lipinski definition) is 4. The lowest BCUT2D eigenvalue weighted by atomic mass is 9.95. The van der Waals surface area contributed by atoms with Crippen LogP contribution in [0.4, 0.5) is 4.79 Å². The summed E-state index contributed by atoms with van der Waals surface area (Å²) in [7, 11) is 0. The molecule has 0 aromatic heterocycles. The van der Waals surface area contributed by atoms with E-state index in [1.807, 2.05) is 19.9 Å². The van der Waals surface area contributed by atoms with E-state index >= 15 is 0 Å². The summed E-state index contributed by atoms with van der Waals surface area (Å²) in [5.41, 5.74) is -1.43. The summed E-state index contributed by atoms with van der Waals surface area (Å²) < 4.78 is 22.3. The molecule has 0 saturated carbocycles. The molecule has 0 aliphatic carbocycles. The summed E-state index contributed by atoms with van der Waals surface area (Å²) in [6, 6.07) is 18.7. The summed E-state index contributed by atoms with van der Waals surface area (Å²) in [4.78, 5) is 94.3. The number of carbonyl (C=O) groups is 7. The zero-order valence-electron chi connectivity index (χ0n) is 34.3. The van der Waals surface area contributed by atoms with Crippen molar-refractivity contribution in [2.24, 2.45) is 0 Å². The zero-order valence-corrected chi connectivity index (χ0v) is 34.3. The second-order valence-corrected chi connectivity index (χ2v) is 14.6. The Bertz CT molecular complexity index is 2280. The van der Waals surface area contributed by atoms with Crippen molar-refractivity contribution in [1.82, 2.24) is 10.2 Å². The van der Waals surface area contributed by atoms with Crippen molar-refractivity contribution < 1.29 is 67.8 Å². The molecule has 0 spiro atoms. The van der Waals surface area contributed by atoms with Crippen molar-refractivity contribution in [3.63, 3.8) is 0 Å². The van der Waals surface area contributed by atoms with E-state index in [1.54, 1.807) is 24.3 Å². The number of likely N-dealkylation sites (tertiary alicyclic amines) is 1. The Hall–Kier alpha value is -7.23. The van der Waals surface area contributed by atoms with E-state index in [1.165, 1.54) is 41.3 Å². The molecule has 0 radical (unpaired) electrons. The van der Waals surface area contributed by atoms with Crippen LogP contribution in [0.2, 0.25) is 0 Å². The third-order valence-electron chi connectivity index (χ3n) is 9.88. The molecule has 1 aliphatic rings. The number of phenolic OH excluding ortho intramolecular Hbond substituents is 2. The lowest BCUT2D eigenvalue weighted by Crippen LogP contribution is -2.44. The van der Waals surface area contributed by atoms with Crippen LogP contribution in [0.25, 0.3) is 0 Å². The number of carbonyl (C=O) groups excluding carboxylic acids is 6. The molecule has 62 heavy (non-hydrogen) atoms. The molecule has 2 atom stereocenters. The summed E-state index contributed by atoms with van der Waals surface area (Å²) in [5, 5.41) is 34.0. The highest BCUT2D eigenvalue weighted by molar-refractivity contribution is 6.19. The Morgan fingerprint density at radius 1 is 0.710 bits per heavy atom. The molecule has 1 heterocycles. The molecule has 16 nitrogen and oxygen atoms in total. The van der Waals surface area contributed by atoms with Gasteiger partial charge in [0, 0.05) is 24.9 Å². The highest BCUT2D eigenvalue weighted by Crippen LogP contribution is 2.37. The minimum atomic E-state index is -1.56. The van der Waals surface area contributed by atoms with E-state index in [4.69, 9.17) is 18.9 Å². The number of esters is 3. The molecular formula is C46H48N2O14. The number of amides is 2. The first-order valence-corrected chi connectivity index (χ1v) is 20.2. The Balaban J connectivity index is 1.47. The molecule has 0 unspecified atom stereocenters. The van der Waals surface area contributed by atoms with E-state index in [-0.39, 0.29) is 43.9 Å². The average Bonchev–Trinajstić information content (AvgIpc) is 3.64. The van der Waals surface area contributed by atoms with Gasteiger partial charge in [0.2, 0.25) is 5.78 Å². The van der Waals surface area contributed by atoms with Gasteiger partial charge in [-0.2, -0.15) is 0 Å². The Morgan fingerprint density at radius 3 is 1.98 bits per heavy atom. The Labute approximate surface area is 357 Å². The number of ketones is 1. The number of aromatic hydroxyl groups is 2. The number of unbranched alkanes of at least 4 members (excludes halogenated alkanes) is 4. The highest BCUT2D eigenvalue weighted by Gasteiger charge is 2.40. The monoisotopic (exact) mass is 852 g/mol. The van der Waals surface area contributed by atoms with Gasteiger partial charge >= 0.3 is 30.0 Å². The van der Waals surface area contributed by atoms with Gasteiger partial charge in [0.25, 0.3) is 5.91 Å². The summed E-state index contributed by atoms with van der Waals surface area (Å²) >= 11 is 0. The van der Waals surface area contributed by atoms with Crippen LogP contribution in [0.1, 0.15) is 118 Å². The number of nitrogens with zero attached hydrogens (tertiary/aromatic N) is 1.